The number of likely N-dealkylation sites (tertiary alicyclic amines) is 2. The third-order valence-corrected chi connectivity index (χ3v) is 7.74. The van der Waals surface area contributed by atoms with Crippen molar-refractivity contribution in [2.24, 2.45) is 11.8 Å². The Morgan fingerprint density at radius 3 is 2.40 bits per heavy atom. The van der Waals surface area contributed by atoms with E-state index in [9.17, 15) is 9.59 Å². The smallest absolute Gasteiger partial charge is 0.229 e. The minimum Gasteiger partial charge on any atom is -0.382 e. The Bertz CT molecular complexity index is 1270. The highest BCUT2D eigenvalue weighted by Crippen LogP contribution is 2.35. The Kier molecular flexibility index (Phi) is 5.67. The van der Waals surface area contributed by atoms with Gasteiger partial charge in [-0.3, -0.25) is 14.6 Å². The lowest BCUT2D eigenvalue weighted by molar-refractivity contribution is -0.149. The van der Waals surface area contributed by atoms with E-state index in [4.69, 9.17) is 0 Å². The summed E-state index contributed by atoms with van der Waals surface area (Å²) in [6.07, 6.45) is 7.65. The summed E-state index contributed by atoms with van der Waals surface area (Å²) < 4.78 is 0. The van der Waals surface area contributed by atoms with Gasteiger partial charge in [-0.15, -0.1) is 0 Å². The number of carbonyl (C=O) groups excluding carboxylic acids is 2. The first-order valence-electron chi connectivity index (χ1n) is 12.8. The molecule has 35 heavy (non-hydrogen) atoms. The number of carbonyl (C=O) groups is 2. The van der Waals surface area contributed by atoms with Crippen LogP contribution in [0.25, 0.3) is 21.9 Å². The van der Waals surface area contributed by atoms with Crippen molar-refractivity contribution >= 4 is 28.3 Å². The van der Waals surface area contributed by atoms with Gasteiger partial charge in [0.25, 0.3) is 0 Å². The fourth-order valence-corrected chi connectivity index (χ4v) is 5.43. The summed E-state index contributed by atoms with van der Waals surface area (Å²) in [5, 5.41) is 6.07. The van der Waals surface area contributed by atoms with E-state index in [-0.39, 0.29) is 23.7 Å². The second kappa shape index (κ2) is 8.99. The minimum absolute atomic E-state index is 0.0109. The normalized spacial score (nSPS) is 19.0. The molecule has 6 nitrogen and oxygen atoms in total. The van der Waals surface area contributed by atoms with Crippen LogP contribution in [0, 0.1) is 18.8 Å². The molecule has 3 aliphatic rings. The number of aromatic nitrogens is 1. The van der Waals surface area contributed by atoms with Gasteiger partial charge >= 0.3 is 0 Å². The van der Waals surface area contributed by atoms with Crippen LogP contribution in [0.4, 0.5) is 5.69 Å². The van der Waals surface area contributed by atoms with Crippen LogP contribution in [-0.2, 0) is 9.59 Å². The number of fused-ring (bicyclic) bond motifs is 1. The summed E-state index contributed by atoms with van der Waals surface area (Å²) in [4.78, 5) is 33.4. The maximum Gasteiger partial charge on any atom is 0.229 e. The molecule has 0 bridgehead atoms. The second-order valence-corrected chi connectivity index (χ2v) is 10.4. The molecule has 6 heteroatoms. The van der Waals surface area contributed by atoms with E-state index in [1.54, 1.807) is 0 Å². The number of benzene rings is 2. The van der Waals surface area contributed by atoms with Crippen LogP contribution in [-0.4, -0.2) is 58.8 Å². The minimum atomic E-state index is -0.0109. The predicted octanol–water partition coefficient (Wildman–Crippen LogP) is 4.48. The van der Waals surface area contributed by atoms with Crippen molar-refractivity contribution in [3.63, 3.8) is 0 Å². The van der Waals surface area contributed by atoms with Gasteiger partial charge in [0, 0.05) is 61.6 Å². The zero-order valence-corrected chi connectivity index (χ0v) is 20.2. The number of rotatable bonds is 5. The number of nitrogens with one attached hydrogen (secondary N) is 1. The lowest BCUT2D eigenvalue weighted by Crippen LogP contribution is -2.58. The topological polar surface area (TPSA) is 65.5 Å². The number of pyridine rings is 1. The van der Waals surface area contributed by atoms with Crippen molar-refractivity contribution in [1.29, 1.82) is 0 Å². The molecule has 3 heterocycles. The first-order valence-corrected chi connectivity index (χ1v) is 12.8. The largest absolute Gasteiger partial charge is 0.382 e. The van der Waals surface area contributed by atoms with Crippen molar-refractivity contribution in [1.82, 2.24) is 14.8 Å². The Labute approximate surface area is 206 Å². The molecule has 0 spiro atoms. The monoisotopic (exact) mass is 468 g/mol. The van der Waals surface area contributed by atoms with Crippen molar-refractivity contribution in [2.75, 3.05) is 31.5 Å². The molecule has 2 aliphatic heterocycles. The highest BCUT2D eigenvalue weighted by molar-refractivity contribution is 5.97. The SMILES string of the molecule is Cc1cccc(-c2cc(NC3CCN(C(=O)C4CN(C(=O)C5CC5)C4)CC3)c3cnccc3c2)c1. The number of piperidine rings is 1. The maximum absolute atomic E-state index is 13.0. The lowest BCUT2D eigenvalue weighted by atomic mass is 9.95. The summed E-state index contributed by atoms with van der Waals surface area (Å²) in [6, 6.07) is 15.4. The molecule has 1 aliphatic carbocycles. The van der Waals surface area contributed by atoms with Crippen molar-refractivity contribution < 1.29 is 9.59 Å². The molecule has 0 radical (unpaired) electrons. The molecule has 3 fully saturated rings. The number of amides is 2. The number of hydrogen-bond acceptors (Lipinski definition) is 4. The Morgan fingerprint density at radius 1 is 0.886 bits per heavy atom. The van der Waals surface area contributed by atoms with Crippen LogP contribution in [0.15, 0.2) is 54.9 Å². The summed E-state index contributed by atoms with van der Waals surface area (Å²) in [6.45, 7) is 4.86. The third kappa shape index (κ3) is 4.49. The van der Waals surface area contributed by atoms with Crippen LogP contribution >= 0.6 is 0 Å². The zero-order valence-electron chi connectivity index (χ0n) is 20.2. The first kappa shape index (κ1) is 22.1. The van der Waals surface area contributed by atoms with E-state index < -0.39 is 0 Å². The lowest BCUT2D eigenvalue weighted by Gasteiger charge is -2.42. The standard InChI is InChI=1S/C29H32N4O2/c1-19-3-2-4-21(13-19)23-14-22-7-10-30-16-26(22)27(15-23)31-25-8-11-32(12-9-25)29(35)24-17-33(18-24)28(34)20-5-6-20/h2-4,7,10,13-16,20,24-25,31H,5-6,8-9,11-12,17-18H2,1H3. The molecule has 1 aromatic heterocycles. The fraction of sp³-hybridized carbons (Fsp3) is 0.414. The van der Waals surface area contributed by atoms with Crippen molar-refractivity contribution in [2.45, 2.75) is 38.6 Å². The Balaban J connectivity index is 1.11. The molecule has 2 saturated heterocycles. The molecule has 1 N–H and O–H groups in total. The van der Waals surface area contributed by atoms with E-state index in [2.05, 4.69) is 59.7 Å². The highest BCUT2D eigenvalue weighted by atomic mass is 16.2. The van der Waals surface area contributed by atoms with Crippen LogP contribution in [0.1, 0.15) is 31.2 Å². The number of aryl methyl sites for hydroxylation is 1. The van der Waals surface area contributed by atoms with Gasteiger partial charge < -0.3 is 15.1 Å². The van der Waals surface area contributed by atoms with E-state index in [0.29, 0.717) is 19.1 Å². The van der Waals surface area contributed by atoms with Gasteiger partial charge in [0.05, 0.1) is 5.92 Å². The number of hydrogen-bond donors (Lipinski definition) is 1. The van der Waals surface area contributed by atoms with Gasteiger partial charge in [0.15, 0.2) is 0 Å². The first-order chi connectivity index (χ1) is 17.0. The molecule has 3 aromatic rings. The molecule has 180 valence electrons. The van der Waals surface area contributed by atoms with Gasteiger partial charge in [-0.1, -0.05) is 29.8 Å². The quantitative estimate of drug-likeness (QED) is 0.600. The fourth-order valence-electron chi connectivity index (χ4n) is 5.43. The molecular weight excluding hydrogens is 436 g/mol. The van der Waals surface area contributed by atoms with Gasteiger partial charge in [0.1, 0.15) is 0 Å². The van der Waals surface area contributed by atoms with Crippen LogP contribution in [0.5, 0.6) is 0 Å². The molecule has 2 aromatic carbocycles. The molecule has 1 saturated carbocycles. The van der Waals surface area contributed by atoms with Crippen LogP contribution < -0.4 is 5.32 Å². The van der Waals surface area contributed by atoms with E-state index in [0.717, 1.165) is 49.8 Å². The summed E-state index contributed by atoms with van der Waals surface area (Å²) >= 11 is 0. The van der Waals surface area contributed by atoms with E-state index in [1.807, 2.05) is 22.2 Å². The number of anilines is 1. The van der Waals surface area contributed by atoms with Gasteiger partial charge in [-0.25, -0.2) is 0 Å². The molecular formula is C29H32N4O2. The van der Waals surface area contributed by atoms with E-state index in [1.165, 1.54) is 22.1 Å². The van der Waals surface area contributed by atoms with Crippen molar-refractivity contribution in [3.8, 4) is 11.1 Å². The van der Waals surface area contributed by atoms with Gasteiger partial charge in [-0.2, -0.15) is 0 Å². The second-order valence-electron chi connectivity index (χ2n) is 10.4. The summed E-state index contributed by atoms with van der Waals surface area (Å²) in [7, 11) is 0. The van der Waals surface area contributed by atoms with Crippen LogP contribution in [0.2, 0.25) is 0 Å². The average Bonchev–Trinajstić information content (AvgIpc) is 3.69. The highest BCUT2D eigenvalue weighted by Gasteiger charge is 2.43. The number of nitrogens with zero attached hydrogens (tertiary/aromatic N) is 3. The Hall–Kier alpha value is -3.41. The Morgan fingerprint density at radius 2 is 1.66 bits per heavy atom. The third-order valence-electron chi connectivity index (χ3n) is 7.74. The van der Waals surface area contributed by atoms with Gasteiger partial charge in [-0.05, 0) is 67.3 Å². The molecule has 0 unspecified atom stereocenters. The molecule has 6 rings (SSSR count). The summed E-state index contributed by atoms with van der Waals surface area (Å²) in [5.41, 5.74) is 4.75. The predicted molar refractivity (Wildman–Crippen MR) is 138 cm³/mol. The maximum atomic E-state index is 13.0. The molecule has 0 atom stereocenters. The average molecular weight is 469 g/mol. The van der Waals surface area contributed by atoms with Crippen molar-refractivity contribution in [3.05, 3.63) is 60.4 Å². The summed E-state index contributed by atoms with van der Waals surface area (Å²) in [5.74, 6) is 0.706. The van der Waals surface area contributed by atoms with Gasteiger partial charge in [0.2, 0.25) is 11.8 Å². The van der Waals surface area contributed by atoms with Crippen LogP contribution in [0.3, 0.4) is 0 Å². The van der Waals surface area contributed by atoms with E-state index >= 15 is 0 Å². The molecule has 2 amide bonds. The zero-order chi connectivity index (χ0) is 23.9.